The molecule has 0 unspecified atom stereocenters. The number of rotatable bonds is 4. The topological polar surface area (TPSA) is 53.5 Å². The summed E-state index contributed by atoms with van der Waals surface area (Å²) < 4.78 is 78.1. The smallest absolute Gasteiger partial charge is 0.240 e. The van der Waals surface area contributed by atoms with E-state index in [0.29, 0.717) is 10.9 Å². The van der Waals surface area contributed by atoms with Crippen LogP contribution < -0.4 is 0 Å². The van der Waals surface area contributed by atoms with Crippen LogP contribution in [0.2, 0.25) is 0 Å². The summed E-state index contributed by atoms with van der Waals surface area (Å²) in [4.78, 5) is 15.0. The molecule has 6 nitrogen and oxygen atoms in total. The first kappa shape index (κ1) is 21.1. The largest absolute Gasteiger partial charge is 0.309 e. The van der Waals surface area contributed by atoms with Crippen LogP contribution in [0.1, 0.15) is 11.0 Å². The summed E-state index contributed by atoms with van der Waals surface area (Å²) in [6.07, 6.45) is 0. The molecule has 0 aliphatic carbocycles. The number of aromatic nitrogens is 6. The summed E-state index contributed by atoms with van der Waals surface area (Å²) in [5.74, 6) is -0.0289. The van der Waals surface area contributed by atoms with Gasteiger partial charge in [0.1, 0.15) is 0 Å². The molecule has 0 fully saturated rings. The maximum absolute atomic E-state index is 9.86. The molecule has 0 aliphatic rings. The Morgan fingerprint density at radius 1 is 0.373 bits per heavy atom. The molecule has 7 aromatic carbocycles. The summed E-state index contributed by atoms with van der Waals surface area (Å²) in [5.41, 5.74) is 3.62. The molecule has 11 aromatic rings. The lowest BCUT2D eigenvalue weighted by molar-refractivity contribution is 0.892. The maximum Gasteiger partial charge on any atom is 0.240 e. The number of benzene rings is 7. The summed E-state index contributed by atoms with van der Waals surface area (Å²) >= 11 is 0. The van der Waals surface area contributed by atoms with Crippen molar-refractivity contribution in [1.29, 1.82) is 0 Å². The average molecular weight is 661 g/mol. The molecule has 51 heavy (non-hydrogen) atoms. The highest BCUT2D eigenvalue weighted by molar-refractivity contribution is 6.11. The van der Waals surface area contributed by atoms with E-state index in [4.69, 9.17) is 21.8 Å². The zero-order chi connectivity index (χ0) is 40.4. The van der Waals surface area contributed by atoms with E-state index < -0.39 is 18.1 Å². The van der Waals surface area contributed by atoms with Crippen molar-refractivity contribution in [2.45, 2.75) is 0 Å². The van der Waals surface area contributed by atoms with Crippen LogP contribution in [0.4, 0.5) is 0 Å². The molecule has 6 heteroatoms. The van der Waals surface area contributed by atoms with Crippen molar-refractivity contribution < 1.29 is 11.0 Å². The van der Waals surface area contributed by atoms with E-state index in [1.165, 1.54) is 0 Å². The van der Waals surface area contributed by atoms with E-state index in [9.17, 15) is 4.11 Å². The molecule has 0 bridgehead atoms. The Labute approximate surface area is 303 Å². The monoisotopic (exact) mass is 660 g/mol. The van der Waals surface area contributed by atoms with Gasteiger partial charge in [-0.15, -0.1) is 0 Å². The molecular formula is C45H28N6. The van der Waals surface area contributed by atoms with E-state index in [1.807, 2.05) is 102 Å². The molecule has 0 amide bonds. The Bertz CT molecular complexity index is 3520. The zero-order valence-electron chi connectivity index (χ0n) is 34.7. The van der Waals surface area contributed by atoms with E-state index in [-0.39, 0.29) is 70.1 Å². The van der Waals surface area contributed by atoms with Gasteiger partial charge in [-0.1, -0.05) is 121 Å². The van der Waals surface area contributed by atoms with Crippen LogP contribution in [0.25, 0.3) is 94.4 Å². The van der Waals surface area contributed by atoms with Gasteiger partial charge in [0.25, 0.3) is 0 Å². The summed E-state index contributed by atoms with van der Waals surface area (Å²) in [6.45, 7) is 0. The van der Waals surface area contributed by atoms with Gasteiger partial charge in [0.2, 0.25) is 11.9 Å². The SMILES string of the molecule is [2H]c1c([2H])c(-c2nc(-n3c4ccccc4c4ccccc43)nc(-n3c4ccccc4c4c([2H])c([2H])c([2H])c([2H])c43)n2)c([2H])c(-n2c3ccccc3c3ccccc32)c1[2H]. The highest BCUT2D eigenvalue weighted by Gasteiger charge is 2.21. The predicted molar refractivity (Wildman–Crippen MR) is 208 cm³/mol. The van der Waals surface area contributed by atoms with Gasteiger partial charge in [0, 0.05) is 43.6 Å². The Morgan fingerprint density at radius 3 is 1.33 bits per heavy atom. The van der Waals surface area contributed by atoms with Crippen LogP contribution in [0.5, 0.6) is 0 Å². The minimum atomic E-state index is -0.425. The fraction of sp³-hybridized carbons (Fsp3) is 0. The highest BCUT2D eigenvalue weighted by Crippen LogP contribution is 2.36. The highest BCUT2D eigenvalue weighted by atomic mass is 15.3. The number of nitrogens with zero attached hydrogens (tertiary/aromatic N) is 6. The maximum atomic E-state index is 9.86. The Hall–Kier alpha value is -7.05. The van der Waals surface area contributed by atoms with Crippen molar-refractivity contribution in [2.24, 2.45) is 0 Å². The number of fused-ring (bicyclic) bond motifs is 9. The van der Waals surface area contributed by atoms with E-state index in [1.54, 1.807) is 33.4 Å². The van der Waals surface area contributed by atoms with Crippen LogP contribution in [0.3, 0.4) is 0 Å². The lowest BCUT2D eigenvalue weighted by Crippen LogP contribution is -2.10. The Balaban J connectivity index is 1.30. The first-order valence-electron chi connectivity index (χ1n) is 20.5. The molecule has 0 spiro atoms. The van der Waals surface area contributed by atoms with Crippen LogP contribution in [0, 0.1) is 0 Å². The van der Waals surface area contributed by atoms with Gasteiger partial charge in [-0.05, 0) is 48.5 Å². The minimum absolute atomic E-state index is 0.0261. The van der Waals surface area contributed by atoms with Crippen molar-refractivity contribution in [3.8, 4) is 29.0 Å². The molecule has 0 saturated carbocycles. The summed E-state index contributed by atoms with van der Waals surface area (Å²) in [7, 11) is 0. The second-order valence-electron chi connectivity index (χ2n) is 12.3. The van der Waals surface area contributed by atoms with E-state index in [2.05, 4.69) is 0 Å². The first-order valence-corrected chi connectivity index (χ1v) is 16.5. The van der Waals surface area contributed by atoms with Gasteiger partial charge in [0.15, 0.2) is 5.82 Å². The molecule has 11 rings (SSSR count). The quantitative estimate of drug-likeness (QED) is 0.189. The number of para-hydroxylation sites is 6. The molecule has 0 N–H and O–H groups in total. The van der Waals surface area contributed by atoms with Gasteiger partial charge in [-0.25, -0.2) is 0 Å². The molecule has 4 aromatic heterocycles. The van der Waals surface area contributed by atoms with Gasteiger partial charge in [-0.3, -0.25) is 9.13 Å². The molecule has 0 atom stereocenters. The minimum Gasteiger partial charge on any atom is -0.309 e. The molecule has 0 aliphatic heterocycles. The fourth-order valence-electron chi connectivity index (χ4n) is 7.40. The standard InChI is InChI=1S/C45H28N6/c1-7-22-37-31(16-1)32-17-2-8-23-38(32)49(37)30-15-13-14-29(28-30)43-46-44(50-39-24-9-3-18-33(39)34-19-4-10-25-40(34)50)48-45(47-43)51-41-26-11-5-20-35(41)36-21-6-12-27-42(36)51/h1-28H/i3D,9D,13D,14D,15D,18D,24D,28D. The molecule has 0 radical (unpaired) electrons. The number of hydrogen-bond acceptors (Lipinski definition) is 3. The van der Waals surface area contributed by atoms with Gasteiger partial charge >= 0.3 is 0 Å². The lowest BCUT2D eigenvalue weighted by Gasteiger charge is -2.13. The fourth-order valence-corrected chi connectivity index (χ4v) is 7.40. The predicted octanol–water partition coefficient (Wildman–Crippen LogP) is 10.8. The first-order chi connectivity index (χ1) is 28.7. The third-order valence-electron chi connectivity index (χ3n) is 9.54. The summed E-state index contributed by atoms with van der Waals surface area (Å²) in [6, 6.07) is 35.4. The van der Waals surface area contributed by atoms with Gasteiger partial charge in [0.05, 0.1) is 44.1 Å². The average Bonchev–Trinajstić information content (AvgIpc) is 3.91. The van der Waals surface area contributed by atoms with Crippen molar-refractivity contribution in [3.05, 3.63) is 170 Å². The van der Waals surface area contributed by atoms with Crippen LogP contribution >= 0.6 is 0 Å². The van der Waals surface area contributed by atoms with Crippen molar-refractivity contribution in [3.63, 3.8) is 0 Å². The normalized spacial score (nSPS) is 14.1. The second kappa shape index (κ2) is 10.7. The second-order valence-corrected chi connectivity index (χ2v) is 12.3. The lowest BCUT2D eigenvalue weighted by atomic mass is 10.2. The number of hydrogen-bond donors (Lipinski definition) is 0. The molecule has 4 heterocycles. The molecular weight excluding hydrogens is 625 g/mol. The third-order valence-corrected chi connectivity index (χ3v) is 9.54. The third kappa shape index (κ3) is 4.07. The van der Waals surface area contributed by atoms with Crippen LogP contribution in [-0.4, -0.2) is 28.7 Å². The molecule has 0 saturated heterocycles. The van der Waals surface area contributed by atoms with Crippen LogP contribution in [-0.2, 0) is 0 Å². The van der Waals surface area contributed by atoms with Crippen molar-refractivity contribution in [1.82, 2.24) is 28.7 Å². The van der Waals surface area contributed by atoms with Crippen molar-refractivity contribution in [2.75, 3.05) is 0 Å². The molecule has 238 valence electrons. The zero-order valence-corrected chi connectivity index (χ0v) is 26.7. The van der Waals surface area contributed by atoms with Crippen LogP contribution in [0.15, 0.2) is 170 Å². The van der Waals surface area contributed by atoms with E-state index in [0.717, 1.165) is 43.6 Å². The van der Waals surface area contributed by atoms with Gasteiger partial charge in [-0.2, -0.15) is 15.0 Å². The Morgan fingerprint density at radius 2 is 0.804 bits per heavy atom. The summed E-state index contributed by atoms with van der Waals surface area (Å²) in [5, 5.41) is 4.50. The van der Waals surface area contributed by atoms with E-state index >= 15 is 0 Å². The Kier molecular flexibility index (Phi) is 4.44. The van der Waals surface area contributed by atoms with Gasteiger partial charge < -0.3 is 4.57 Å². The van der Waals surface area contributed by atoms with Crippen molar-refractivity contribution >= 4 is 65.4 Å².